The minimum atomic E-state index is -0.429. The average molecular weight is 453 g/mol. The Morgan fingerprint density at radius 3 is 2.68 bits per heavy atom. The number of hydrogen-bond donors (Lipinski definition) is 2. The molecule has 0 aliphatic carbocycles. The van der Waals surface area contributed by atoms with Gasteiger partial charge in [-0.1, -0.05) is 20.8 Å². The monoisotopic (exact) mass is 452 g/mol. The van der Waals surface area contributed by atoms with Crippen molar-refractivity contribution in [2.24, 2.45) is 11.3 Å². The lowest BCUT2D eigenvalue weighted by Gasteiger charge is -2.32. The first-order valence-corrected chi connectivity index (χ1v) is 10.4. The maximum atomic E-state index is 12.5. The molecule has 1 aromatic heterocycles. The highest BCUT2D eigenvalue weighted by molar-refractivity contribution is 9.10. The van der Waals surface area contributed by atoms with Crippen molar-refractivity contribution in [1.82, 2.24) is 15.2 Å². The number of carbonyl (C=O) groups is 3. The van der Waals surface area contributed by atoms with Crippen LogP contribution in [0, 0.1) is 11.3 Å². The molecule has 0 spiro atoms. The van der Waals surface area contributed by atoms with E-state index in [2.05, 4.69) is 31.5 Å². The first-order valence-electron chi connectivity index (χ1n) is 9.65. The molecular formula is C20H29BrN4O3. The van der Waals surface area contributed by atoms with Crippen LogP contribution >= 0.6 is 15.9 Å². The molecule has 1 aliphatic heterocycles. The molecule has 2 heterocycles. The number of likely N-dealkylation sites (tertiary alicyclic amines) is 1. The summed E-state index contributed by atoms with van der Waals surface area (Å²) < 4.78 is 0.846. The van der Waals surface area contributed by atoms with E-state index < -0.39 is 5.41 Å². The largest absolute Gasteiger partial charge is 0.356 e. The Balaban J connectivity index is 1.76. The molecule has 2 rings (SSSR count). The normalized spacial score (nSPS) is 17.1. The zero-order valence-electron chi connectivity index (χ0n) is 16.8. The second-order valence-corrected chi connectivity index (χ2v) is 9.05. The number of pyridine rings is 1. The van der Waals surface area contributed by atoms with Gasteiger partial charge in [0, 0.05) is 42.1 Å². The van der Waals surface area contributed by atoms with E-state index >= 15 is 0 Å². The Bertz CT molecular complexity index is 700. The molecule has 0 bridgehead atoms. The summed E-state index contributed by atoms with van der Waals surface area (Å²) in [6.07, 6.45) is 4.15. The molecule has 8 heteroatoms. The van der Waals surface area contributed by atoms with Gasteiger partial charge in [0.05, 0.1) is 5.92 Å². The quantitative estimate of drug-likeness (QED) is 0.648. The summed E-state index contributed by atoms with van der Waals surface area (Å²) in [6, 6.07) is 3.55. The standard InChI is InChI=1S/C20H29BrN4O3/c1-20(2,3)19(28)22-10-4-7-17(26)25-11-5-6-14(13-25)18(27)24-16-9-8-15(21)12-23-16/h8-9,12,14H,4-7,10-11,13H2,1-3H3,(H,22,28)(H,23,24,27). The molecule has 2 N–H and O–H groups in total. The van der Waals surface area contributed by atoms with Crippen LogP contribution < -0.4 is 10.6 Å². The number of rotatable bonds is 6. The van der Waals surface area contributed by atoms with E-state index in [1.54, 1.807) is 17.2 Å². The second kappa shape index (κ2) is 10.0. The lowest BCUT2D eigenvalue weighted by Crippen LogP contribution is -2.44. The summed E-state index contributed by atoms with van der Waals surface area (Å²) in [5.41, 5.74) is -0.429. The number of nitrogens with one attached hydrogen (secondary N) is 2. The Kier molecular flexibility index (Phi) is 7.98. The van der Waals surface area contributed by atoms with Crippen LogP contribution in [0.4, 0.5) is 5.82 Å². The topological polar surface area (TPSA) is 91.4 Å². The van der Waals surface area contributed by atoms with Gasteiger partial charge in [0.25, 0.3) is 0 Å². The van der Waals surface area contributed by atoms with Crippen molar-refractivity contribution in [3.05, 3.63) is 22.8 Å². The molecule has 28 heavy (non-hydrogen) atoms. The number of halogens is 1. The van der Waals surface area contributed by atoms with Gasteiger partial charge in [0.1, 0.15) is 5.82 Å². The number of aromatic nitrogens is 1. The molecule has 0 saturated carbocycles. The molecule has 1 saturated heterocycles. The highest BCUT2D eigenvalue weighted by Crippen LogP contribution is 2.20. The van der Waals surface area contributed by atoms with Crippen molar-refractivity contribution in [3.63, 3.8) is 0 Å². The Labute approximate surface area is 174 Å². The molecule has 1 atom stereocenters. The van der Waals surface area contributed by atoms with Gasteiger partial charge in [-0.2, -0.15) is 0 Å². The van der Waals surface area contributed by atoms with Gasteiger partial charge in [-0.25, -0.2) is 4.98 Å². The second-order valence-electron chi connectivity index (χ2n) is 8.14. The van der Waals surface area contributed by atoms with Crippen LogP contribution in [0.5, 0.6) is 0 Å². The predicted octanol–water partition coefficient (Wildman–Crippen LogP) is 2.96. The van der Waals surface area contributed by atoms with E-state index in [0.717, 1.165) is 17.3 Å². The Morgan fingerprint density at radius 2 is 2.04 bits per heavy atom. The van der Waals surface area contributed by atoms with E-state index in [-0.39, 0.29) is 23.6 Å². The fraction of sp³-hybridized carbons (Fsp3) is 0.600. The third-order valence-electron chi connectivity index (χ3n) is 4.66. The molecule has 0 radical (unpaired) electrons. The molecule has 1 aromatic rings. The van der Waals surface area contributed by atoms with Gasteiger partial charge in [-0.05, 0) is 47.3 Å². The van der Waals surface area contributed by atoms with Crippen LogP contribution in [0.1, 0.15) is 46.5 Å². The van der Waals surface area contributed by atoms with Crippen LogP contribution in [0.2, 0.25) is 0 Å². The van der Waals surface area contributed by atoms with E-state index in [9.17, 15) is 14.4 Å². The molecule has 1 fully saturated rings. The van der Waals surface area contributed by atoms with Crippen LogP contribution in [-0.2, 0) is 14.4 Å². The van der Waals surface area contributed by atoms with Crippen LogP contribution in [0.15, 0.2) is 22.8 Å². The van der Waals surface area contributed by atoms with E-state index in [0.29, 0.717) is 38.3 Å². The summed E-state index contributed by atoms with van der Waals surface area (Å²) >= 11 is 3.31. The van der Waals surface area contributed by atoms with Crippen molar-refractivity contribution >= 4 is 39.5 Å². The van der Waals surface area contributed by atoms with Crippen LogP contribution in [0.3, 0.4) is 0 Å². The van der Waals surface area contributed by atoms with Gasteiger partial charge < -0.3 is 15.5 Å². The highest BCUT2D eigenvalue weighted by Gasteiger charge is 2.28. The molecule has 1 aliphatic rings. The maximum absolute atomic E-state index is 12.5. The molecule has 1 unspecified atom stereocenters. The summed E-state index contributed by atoms with van der Waals surface area (Å²) in [7, 11) is 0. The van der Waals surface area contributed by atoms with Gasteiger partial charge >= 0.3 is 0 Å². The van der Waals surface area contributed by atoms with E-state index in [1.807, 2.05) is 26.8 Å². The van der Waals surface area contributed by atoms with Crippen molar-refractivity contribution in [2.75, 3.05) is 25.0 Å². The summed E-state index contributed by atoms with van der Waals surface area (Å²) in [5, 5.41) is 5.68. The van der Waals surface area contributed by atoms with Crippen molar-refractivity contribution < 1.29 is 14.4 Å². The first-order chi connectivity index (χ1) is 13.2. The van der Waals surface area contributed by atoms with E-state index in [1.165, 1.54) is 0 Å². The van der Waals surface area contributed by atoms with Gasteiger partial charge in [0.15, 0.2) is 0 Å². The zero-order valence-corrected chi connectivity index (χ0v) is 18.3. The molecule has 3 amide bonds. The average Bonchev–Trinajstić information content (AvgIpc) is 2.66. The highest BCUT2D eigenvalue weighted by atomic mass is 79.9. The number of amides is 3. The molecule has 154 valence electrons. The van der Waals surface area contributed by atoms with Gasteiger partial charge in [-0.15, -0.1) is 0 Å². The van der Waals surface area contributed by atoms with Crippen molar-refractivity contribution in [1.29, 1.82) is 0 Å². The smallest absolute Gasteiger partial charge is 0.230 e. The lowest BCUT2D eigenvalue weighted by atomic mass is 9.95. The summed E-state index contributed by atoms with van der Waals surface area (Å²) in [4.78, 5) is 42.7. The lowest BCUT2D eigenvalue weighted by molar-refractivity contribution is -0.135. The third kappa shape index (κ3) is 6.89. The SMILES string of the molecule is CC(C)(C)C(=O)NCCCC(=O)N1CCCC(C(=O)Nc2ccc(Br)cn2)C1. The molecular weight excluding hydrogens is 424 g/mol. The maximum Gasteiger partial charge on any atom is 0.230 e. The minimum absolute atomic E-state index is 0.0174. The predicted molar refractivity (Wildman–Crippen MR) is 112 cm³/mol. The fourth-order valence-corrected chi connectivity index (χ4v) is 3.20. The molecule has 7 nitrogen and oxygen atoms in total. The number of piperidine rings is 1. The van der Waals surface area contributed by atoms with Crippen LogP contribution in [-0.4, -0.2) is 47.2 Å². The first kappa shape index (κ1) is 22.3. The van der Waals surface area contributed by atoms with Gasteiger partial charge in [-0.3, -0.25) is 14.4 Å². The van der Waals surface area contributed by atoms with Crippen LogP contribution in [0.25, 0.3) is 0 Å². The van der Waals surface area contributed by atoms with Crippen molar-refractivity contribution in [2.45, 2.75) is 46.5 Å². The Hall–Kier alpha value is -1.96. The number of nitrogens with zero attached hydrogens (tertiary/aromatic N) is 2. The van der Waals surface area contributed by atoms with E-state index in [4.69, 9.17) is 0 Å². The minimum Gasteiger partial charge on any atom is -0.356 e. The summed E-state index contributed by atoms with van der Waals surface area (Å²) in [5.74, 6) is 0.181. The number of anilines is 1. The van der Waals surface area contributed by atoms with Gasteiger partial charge in [0.2, 0.25) is 17.7 Å². The fourth-order valence-electron chi connectivity index (χ4n) is 2.96. The van der Waals surface area contributed by atoms with Crippen molar-refractivity contribution in [3.8, 4) is 0 Å². The number of carbonyl (C=O) groups excluding carboxylic acids is 3. The third-order valence-corrected chi connectivity index (χ3v) is 5.13. The summed E-state index contributed by atoms with van der Waals surface area (Å²) in [6.45, 7) is 7.15. The molecule has 0 aromatic carbocycles. The Morgan fingerprint density at radius 1 is 1.29 bits per heavy atom. The number of hydrogen-bond acceptors (Lipinski definition) is 4. The zero-order chi connectivity index (χ0) is 20.7.